The van der Waals surface area contributed by atoms with E-state index in [4.69, 9.17) is 5.11 Å². The van der Waals surface area contributed by atoms with Crippen molar-refractivity contribution >= 4 is 17.6 Å². The summed E-state index contributed by atoms with van der Waals surface area (Å²) in [5.74, 6) is -1.28. The van der Waals surface area contributed by atoms with Crippen LogP contribution >= 0.6 is 0 Å². The van der Waals surface area contributed by atoms with Crippen molar-refractivity contribution in [3.05, 3.63) is 29.3 Å². The molecule has 0 aliphatic carbocycles. The Labute approximate surface area is 113 Å². The van der Waals surface area contributed by atoms with Crippen LogP contribution in [0.4, 0.5) is 5.69 Å². The average Bonchev–Trinajstić information content (AvgIpc) is 2.71. The summed E-state index contributed by atoms with van der Waals surface area (Å²) in [6.45, 7) is 6.39. The highest BCUT2D eigenvalue weighted by atomic mass is 16.4. The maximum atomic E-state index is 12.1. The molecule has 1 amide bonds. The smallest absolute Gasteiger partial charge is 0.308 e. The molecule has 0 unspecified atom stereocenters. The van der Waals surface area contributed by atoms with E-state index in [1.165, 1.54) is 0 Å². The Morgan fingerprint density at radius 2 is 2.11 bits per heavy atom. The van der Waals surface area contributed by atoms with E-state index in [1.807, 2.05) is 25.1 Å². The zero-order valence-electron chi connectivity index (χ0n) is 11.5. The fourth-order valence-electron chi connectivity index (χ4n) is 2.61. The van der Waals surface area contributed by atoms with Crippen molar-refractivity contribution < 1.29 is 14.7 Å². The number of benzene rings is 1. The van der Waals surface area contributed by atoms with Gasteiger partial charge in [0.1, 0.15) is 0 Å². The molecule has 1 saturated heterocycles. The van der Waals surface area contributed by atoms with Crippen LogP contribution in [-0.4, -0.2) is 23.5 Å². The topological polar surface area (TPSA) is 57.6 Å². The molecule has 2 rings (SSSR count). The minimum atomic E-state index is -0.893. The van der Waals surface area contributed by atoms with Crippen LogP contribution in [0.1, 0.15) is 37.3 Å². The van der Waals surface area contributed by atoms with Gasteiger partial charge >= 0.3 is 5.97 Å². The third-order valence-corrected chi connectivity index (χ3v) is 3.64. The molecule has 0 aromatic heterocycles. The minimum absolute atomic E-state index is 0.0939. The lowest BCUT2D eigenvalue weighted by atomic mass is 9.97. The van der Waals surface area contributed by atoms with Gasteiger partial charge in [0.2, 0.25) is 5.91 Å². The second-order valence-electron chi connectivity index (χ2n) is 5.41. The number of carbonyl (C=O) groups excluding carboxylic acids is 1. The highest BCUT2D eigenvalue weighted by molar-refractivity contribution is 6.00. The number of carboxylic acid groups (broad SMARTS) is 1. The second-order valence-corrected chi connectivity index (χ2v) is 5.41. The Morgan fingerprint density at radius 3 is 2.63 bits per heavy atom. The summed E-state index contributed by atoms with van der Waals surface area (Å²) in [6, 6.07) is 5.94. The van der Waals surface area contributed by atoms with E-state index >= 15 is 0 Å². The molecule has 4 nitrogen and oxygen atoms in total. The Balaban J connectivity index is 2.42. The maximum absolute atomic E-state index is 12.1. The first-order valence-electron chi connectivity index (χ1n) is 6.54. The SMILES string of the molecule is Cc1cccc(C(C)C)c1N1C[C@H](C(=O)O)CC1=O. The normalized spacial score (nSPS) is 19.3. The summed E-state index contributed by atoms with van der Waals surface area (Å²) in [4.78, 5) is 24.8. The lowest BCUT2D eigenvalue weighted by Gasteiger charge is -2.24. The summed E-state index contributed by atoms with van der Waals surface area (Å²) in [5, 5.41) is 9.06. The fraction of sp³-hybridized carbons (Fsp3) is 0.467. The van der Waals surface area contributed by atoms with E-state index in [0.29, 0.717) is 5.92 Å². The number of aliphatic carboxylic acids is 1. The van der Waals surface area contributed by atoms with Crippen LogP contribution < -0.4 is 4.90 Å². The van der Waals surface area contributed by atoms with Crippen molar-refractivity contribution in [2.75, 3.05) is 11.4 Å². The maximum Gasteiger partial charge on any atom is 0.308 e. The molecule has 1 aromatic rings. The Kier molecular flexibility index (Phi) is 3.60. The molecular weight excluding hydrogens is 242 g/mol. The first kappa shape index (κ1) is 13.6. The number of para-hydroxylation sites is 1. The number of carbonyl (C=O) groups is 2. The Hall–Kier alpha value is -1.84. The van der Waals surface area contributed by atoms with Crippen molar-refractivity contribution in [1.82, 2.24) is 0 Å². The van der Waals surface area contributed by atoms with Crippen LogP contribution in [-0.2, 0) is 9.59 Å². The van der Waals surface area contributed by atoms with Gasteiger partial charge in [-0.05, 0) is 24.0 Å². The highest BCUT2D eigenvalue weighted by Crippen LogP contribution is 2.34. The van der Waals surface area contributed by atoms with Crippen LogP contribution in [0.3, 0.4) is 0 Å². The molecular formula is C15H19NO3. The van der Waals surface area contributed by atoms with Crippen LogP contribution in [0, 0.1) is 12.8 Å². The standard InChI is InChI=1S/C15H19NO3/c1-9(2)12-6-4-5-10(3)14(12)16-8-11(15(18)19)7-13(16)17/h4-6,9,11H,7-8H2,1-3H3,(H,18,19)/t11-/m1/s1. The van der Waals surface area contributed by atoms with Gasteiger partial charge in [-0.1, -0.05) is 32.0 Å². The molecule has 0 radical (unpaired) electrons. The first-order valence-corrected chi connectivity index (χ1v) is 6.54. The number of nitrogens with zero attached hydrogens (tertiary/aromatic N) is 1. The van der Waals surface area contributed by atoms with Crippen LogP contribution in [0.5, 0.6) is 0 Å². The summed E-state index contributed by atoms with van der Waals surface area (Å²) in [6.07, 6.45) is 0.0984. The number of carboxylic acids is 1. The van der Waals surface area contributed by atoms with Gasteiger partial charge in [-0.2, -0.15) is 0 Å². The third-order valence-electron chi connectivity index (χ3n) is 3.64. The van der Waals surface area contributed by atoms with Gasteiger partial charge in [0.05, 0.1) is 5.92 Å². The first-order chi connectivity index (χ1) is 8.91. The third kappa shape index (κ3) is 2.48. The second kappa shape index (κ2) is 5.03. The molecule has 1 N–H and O–H groups in total. The molecule has 1 heterocycles. The fourth-order valence-corrected chi connectivity index (χ4v) is 2.61. The molecule has 0 bridgehead atoms. The molecule has 1 aromatic carbocycles. The van der Waals surface area contributed by atoms with Crippen LogP contribution in [0.25, 0.3) is 0 Å². The number of hydrogen-bond acceptors (Lipinski definition) is 2. The van der Waals surface area contributed by atoms with Crippen molar-refractivity contribution in [3.63, 3.8) is 0 Å². The molecule has 1 aliphatic heterocycles. The highest BCUT2D eigenvalue weighted by Gasteiger charge is 2.36. The number of hydrogen-bond donors (Lipinski definition) is 1. The molecule has 0 spiro atoms. The van der Waals surface area contributed by atoms with Gasteiger partial charge in [-0.15, -0.1) is 0 Å². The molecule has 4 heteroatoms. The van der Waals surface area contributed by atoms with Crippen molar-refractivity contribution in [2.24, 2.45) is 5.92 Å². The van der Waals surface area contributed by atoms with E-state index in [-0.39, 0.29) is 18.9 Å². The van der Waals surface area contributed by atoms with Gasteiger partial charge in [-0.25, -0.2) is 0 Å². The lowest BCUT2D eigenvalue weighted by molar-refractivity contribution is -0.141. The predicted octanol–water partition coefficient (Wildman–Crippen LogP) is 2.56. The number of rotatable bonds is 3. The van der Waals surface area contributed by atoms with E-state index in [1.54, 1.807) is 4.90 Å². The lowest BCUT2D eigenvalue weighted by Crippen LogP contribution is -2.27. The van der Waals surface area contributed by atoms with Crippen molar-refractivity contribution in [1.29, 1.82) is 0 Å². The molecule has 102 valence electrons. The van der Waals surface area contributed by atoms with Crippen molar-refractivity contribution in [3.8, 4) is 0 Å². The largest absolute Gasteiger partial charge is 0.481 e. The average molecular weight is 261 g/mol. The molecule has 0 saturated carbocycles. The number of anilines is 1. The van der Waals surface area contributed by atoms with Crippen molar-refractivity contribution in [2.45, 2.75) is 33.1 Å². The molecule has 1 aliphatic rings. The minimum Gasteiger partial charge on any atom is -0.481 e. The van der Waals surface area contributed by atoms with Crippen LogP contribution in [0.15, 0.2) is 18.2 Å². The van der Waals surface area contributed by atoms with E-state index in [9.17, 15) is 9.59 Å². The monoisotopic (exact) mass is 261 g/mol. The Bertz CT molecular complexity index is 522. The summed E-state index contributed by atoms with van der Waals surface area (Å²) in [7, 11) is 0. The van der Waals surface area contributed by atoms with E-state index in [0.717, 1.165) is 16.8 Å². The van der Waals surface area contributed by atoms with Gasteiger partial charge in [0.25, 0.3) is 0 Å². The van der Waals surface area contributed by atoms with E-state index in [2.05, 4.69) is 13.8 Å². The molecule has 1 fully saturated rings. The van der Waals surface area contributed by atoms with E-state index < -0.39 is 11.9 Å². The van der Waals surface area contributed by atoms with Gasteiger partial charge in [0, 0.05) is 18.7 Å². The molecule has 1 atom stereocenters. The summed E-state index contributed by atoms with van der Waals surface area (Å²) < 4.78 is 0. The molecule has 19 heavy (non-hydrogen) atoms. The number of amides is 1. The summed E-state index contributed by atoms with van der Waals surface area (Å²) in [5.41, 5.74) is 3.01. The van der Waals surface area contributed by atoms with Gasteiger partial charge < -0.3 is 10.0 Å². The van der Waals surface area contributed by atoms with Gasteiger partial charge in [0.15, 0.2) is 0 Å². The number of aryl methyl sites for hydroxylation is 1. The quantitative estimate of drug-likeness (QED) is 0.909. The zero-order chi connectivity index (χ0) is 14.2. The predicted molar refractivity (Wildman–Crippen MR) is 73.4 cm³/mol. The Morgan fingerprint density at radius 1 is 1.42 bits per heavy atom. The zero-order valence-corrected chi connectivity index (χ0v) is 11.5. The van der Waals surface area contributed by atoms with Gasteiger partial charge in [-0.3, -0.25) is 9.59 Å². The van der Waals surface area contributed by atoms with Crippen LogP contribution in [0.2, 0.25) is 0 Å². The summed E-state index contributed by atoms with van der Waals surface area (Å²) >= 11 is 0.